The highest BCUT2D eigenvalue weighted by Gasteiger charge is 2.17. The number of halogens is 2. The second-order valence-electron chi connectivity index (χ2n) is 4.98. The van der Waals surface area contributed by atoms with Crippen molar-refractivity contribution in [1.29, 1.82) is 0 Å². The van der Waals surface area contributed by atoms with Crippen LogP contribution in [0.4, 0.5) is 8.78 Å². The van der Waals surface area contributed by atoms with Crippen molar-refractivity contribution in [3.05, 3.63) is 35.4 Å². The number of alkyl halides is 2. The molecular formula is C15H24F2N2. The third-order valence-corrected chi connectivity index (χ3v) is 3.15. The van der Waals surface area contributed by atoms with Gasteiger partial charge >= 0.3 is 0 Å². The Kier molecular flexibility index (Phi) is 6.95. The number of nitrogens with one attached hydrogen (secondary N) is 1. The minimum absolute atomic E-state index is 0.102. The predicted octanol–water partition coefficient (Wildman–Crippen LogP) is 3.23. The molecule has 0 aliphatic heterocycles. The molecule has 4 heteroatoms. The van der Waals surface area contributed by atoms with Crippen molar-refractivity contribution in [2.45, 2.75) is 32.7 Å². The van der Waals surface area contributed by atoms with E-state index in [-0.39, 0.29) is 12.6 Å². The molecule has 1 rings (SSSR count). The molecular weight excluding hydrogens is 246 g/mol. The number of nitrogens with zero attached hydrogens (tertiary/aromatic N) is 1. The smallest absolute Gasteiger partial charge is 0.251 e. The van der Waals surface area contributed by atoms with Gasteiger partial charge in [0.1, 0.15) is 0 Å². The van der Waals surface area contributed by atoms with Gasteiger partial charge in [0.25, 0.3) is 6.43 Å². The molecule has 108 valence electrons. The van der Waals surface area contributed by atoms with Gasteiger partial charge < -0.3 is 5.32 Å². The highest BCUT2D eigenvalue weighted by molar-refractivity contribution is 5.29. The molecule has 1 unspecified atom stereocenters. The SMILES string of the molecule is CCCNC(CN(C)CC(F)F)c1ccccc1C. The van der Waals surface area contributed by atoms with Gasteiger partial charge in [0.2, 0.25) is 0 Å². The van der Waals surface area contributed by atoms with Crippen molar-refractivity contribution in [1.82, 2.24) is 10.2 Å². The van der Waals surface area contributed by atoms with Crippen LogP contribution in [-0.4, -0.2) is 38.0 Å². The average molecular weight is 270 g/mol. The molecule has 19 heavy (non-hydrogen) atoms. The summed E-state index contributed by atoms with van der Waals surface area (Å²) in [4.78, 5) is 1.68. The van der Waals surface area contributed by atoms with Gasteiger partial charge in [-0.3, -0.25) is 4.90 Å². The summed E-state index contributed by atoms with van der Waals surface area (Å²) >= 11 is 0. The van der Waals surface area contributed by atoms with E-state index in [2.05, 4.69) is 31.3 Å². The summed E-state index contributed by atoms with van der Waals surface area (Å²) in [5.74, 6) is 0. The Hall–Kier alpha value is -1.00. The third kappa shape index (κ3) is 5.66. The molecule has 0 amide bonds. The van der Waals surface area contributed by atoms with E-state index in [0.29, 0.717) is 6.54 Å². The first-order valence-electron chi connectivity index (χ1n) is 6.80. The lowest BCUT2D eigenvalue weighted by Gasteiger charge is -2.26. The van der Waals surface area contributed by atoms with Gasteiger partial charge in [-0.05, 0) is 38.1 Å². The quantitative estimate of drug-likeness (QED) is 0.780. The van der Waals surface area contributed by atoms with Crippen molar-refractivity contribution < 1.29 is 8.78 Å². The van der Waals surface area contributed by atoms with E-state index in [4.69, 9.17) is 0 Å². The van der Waals surface area contributed by atoms with Crippen LogP contribution in [0.3, 0.4) is 0 Å². The monoisotopic (exact) mass is 270 g/mol. The molecule has 1 atom stereocenters. The molecule has 0 spiro atoms. The van der Waals surface area contributed by atoms with E-state index in [9.17, 15) is 8.78 Å². The molecule has 0 fully saturated rings. The van der Waals surface area contributed by atoms with E-state index < -0.39 is 6.43 Å². The molecule has 0 radical (unpaired) electrons. The molecule has 0 heterocycles. The van der Waals surface area contributed by atoms with Crippen LogP contribution in [0.15, 0.2) is 24.3 Å². The number of rotatable bonds is 8. The van der Waals surface area contributed by atoms with Gasteiger partial charge in [-0.25, -0.2) is 8.78 Å². The molecule has 0 aromatic heterocycles. The van der Waals surface area contributed by atoms with Crippen LogP contribution in [0.2, 0.25) is 0 Å². The van der Waals surface area contributed by atoms with Gasteiger partial charge in [-0.2, -0.15) is 0 Å². The van der Waals surface area contributed by atoms with E-state index in [1.165, 1.54) is 11.1 Å². The van der Waals surface area contributed by atoms with Crippen LogP contribution in [0.1, 0.15) is 30.5 Å². The Morgan fingerprint density at radius 1 is 1.21 bits per heavy atom. The summed E-state index contributed by atoms with van der Waals surface area (Å²) in [6.45, 7) is 5.46. The van der Waals surface area contributed by atoms with Gasteiger partial charge in [0.15, 0.2) is 0 Å². The molecule has 1 aromatic rings. The van der Waals surface area contributed by atoms with Crippen LogP contribution in [0.25, 0.3) is 0 Å². The lowest BCUT2D eigenvalue weighted by molar-refractivity contribution is 0.0958. The standard InChI is InChI=1S/C15H24F2N2/c1-4-9-18-14(10-19(3)11-15(16)17)13-8-6-5-7-12(13)2/h5-8,14-15,18H,4,9-11H2,1-3H3. The highest BCUT2D eigenvalue weighted by atomic mass is 19.3. The normalized spacial score (nSPS) is 13.2. The Morgan fingerprint density at radius 3 is 2.47 bits per heavy atom. The summed E-state index contributed by atoms with van der Waals surface area (Å²) in [7, 11) is 1.74. The fourth-order valence-electron chi connectivity index (χ4n) is 2.19. The summed E-state index contributed by atoms with van der Waals surface area (Å²) in [6, 6.07) is 8.22. The van der Waals surface area contributed by atoms with E-state index >= 15 is 0 Å². The number of likely N-dealkylation sites (N-methyl/N-ethyl adjacent to an activating group) is 1. The first-order chi connectivity index (χ1) is 9.04. The molecule has 0 aliphatic rings. The largest absolute Gasteiger partial charge is 0.309 e. The number of benzene rings is 1. The second-order valence-corrected chi connectivity index (χ2v) is 4.98. The Labute approximate surface area is 114 Å². The minimum atomic E-state index is -2.28. The van der Waals surface area contributed by atoms with Gasteiger partial charge in [-0.15, -0.1) is 0 Å². The van der Waals surface area contributed by atoms with Crippen molar-refractivity contribution in [3.8, 4) is 0 Å². The third-order valence-electron chi connectivity index (χ3n) is 3.15. The highest BCUT2D eigenvalue weighted by Crippen LogP contribution is 2.18. The van der Waals surface area contributed by atoms with Crippen LogP contribution < -0.4 is 5.32 Å². The van der Waals surface area contributed by atoms with Gasteiger partial charge in [0, 0.05) is 12.6 Å². The molecule has 0 bridgehead atoms. The Balaban J connectivity index is 2.74. The van der Waals surface area contributed by atoms with Crippen LogP contribution in [-0.2, 0) is 0 Å². The Morgan fingerprint density at radius 2 is 1.89 bits per heavy atom. The maximum absolute atomic E-state index is 12.4. The maximum Gasteiger partial charge on any atom is 0.251 e. The predicted molar refractivity (Wildman–Crippen MR) is 75.7 cm³/mol. The summed E-state index contributed by atoms with van der Waals surface area (Å²) in [5, 5.41) is 3.44. The lowest BCUT2D eigenvalue weighted by atomic mass is 10.0. The first kappa shape index (κ1) is 16.1. The molecule has 1 N–H and O–H groups in total. The molecule has 1 aromatic carbocycles. The number of aryl methyl sites for hydroxylation is 1. The van der Waals surface area contributed by atoms with Crippen molar-refractivity contribution >= 4 is 0 Å². The zero-order valence-corrected chi connectivity index (χ0v) is 12.0. The van der Waals surface area contributed by atoms with Crippen molar-refractivity contribution in [2.24, 2.45) is 0 Å². The molecule has 2 nitrogen and oxygen atoms in total. The maximum atomic E-state index is 12.4. The summed E-state index contributed by atoms with van der Waals surface area (Å²) < 4.78 is 24.8. The Bertz CT molecular complexity index is 369. The van der Waals surface area contributed by atoms with E-state index in [1.807, 2.05) is 12.1 Å². The minimum Gasteiger partial charge on any atom is -0.309 e. The first-order valence-corrected chi connectivity index (χ1v) is 6.80. The zero-order valence-electron chi connectivity index (χ0n) is 12.0. The molecule has 0 saturated heterocycles. The van der Waals surface area contributed by atoms with Crippen molar-refractivity contribution in [2.75, 3.05) is 26.7 Å². The molecule has 0 aliphatic carbocycles. The van der Waals surface area contributed by atoms with Crippen molar-refractivity contribution in [3.63, 3.8) is 0 Å². The summed E-state index contributed by atoms with van der Waals surface area (Å²) in [6.07, 6.45) is -1.25. The lowest BCUT2D eigenvalue weighted by Crippen LogP contribution is -2.36. The second kappa shape index (κ2) is 8.23. The van der Waals surface area contributed by atoms with Crippen LogP contribution in [0, 0.1) is 6.92 Å². The summed E-state index contributed by atoms with van der Waals surface area (Å²) in [5.41, 5.74) is 2.39. The fourth-order valence-corrected chi connectivity index (χ4v) is 2.19. The van der Waals surface area contributed by atoms with E-state index in [1.54, 1.807) is 11.9 Å². The van der Waals surface area contributed by atoms with Crippen LogP contribution in [0.5, 0.6) is 0 Å². The van der Waals surface area contributed by atoms with Gasteiger partial charge in [0.05, 0.1) is 6.54 Å². The average Bonchev–Trinajstić information content (AvgIpc) is 2.34. The fraction of sp³-hybridized carbons (Fsp3) is 0.600. The van der Waals surface area contributed by atoms with Gasteiger partial charge in [-0.1, -0.05) is 31.2 Å². The number of hydrogen-bond donors (Lipinski definition) is 1. The number of hydrogen-bond acceptors (Lipinski definition) is 2. The van der Waals surface area contributed by atoms with E-state index in [0.717, 1.165) is 13.0 Å². The van der Waals surface area contributed by atoms with Crippen LogP contribution >= 0.6 is 0 Å². The topological polar surface area (TPSA) is 15.3 Å². The zero-order chi connectivity index (χ0) is 14.3. The molecule has 0 saturated carbocycles.